The third-order valence-corrected chi connectivity index (χ3v) is 4.61. The monoisotopic (exact) mass is 210 g/mol. The molecule has 1 aliphatic carbocycles. The summed E-state index contributed by atoms with van der Waals surface area (Å²) in [6.07, 6.45) is 4.91. The summed E-state index contributed by atoms with van der Waals surface area (Å²) in [5, 5.41) is 12.5. The van der Waals surface area contributed by atoms with Gasteiger partial charge in [0.1, 0.15) is 0 Å². The SMILES string of the molecule is N#CC1CCCC1NCC1CCSC1. The summed E-state index contributed by atoms with van der Waals surface area (Å²) in [5.74, 6) is 3.79. The predicted molar refractivity (Wildman–Crippen MR) is 60.2 cm³/mol. The van der Waals surface area contributed by atoms with Crippen LogP contribution in [0.15, 0.2) is 0 Å². The summed E-state index contributed by atoms with van der Waals surface area (Å²) in [6.45, 7) is 1.13. The van der Waals surface area contributed by atoms with Crippen LogP contribution in [0.3, 0.4) is 0 Å². The Morgan fingerprint density at radius 1 is 1.36 bits per heavy atom. The molecule has 14 heavy (non-hydrogen) atoms. The highest BCUT2D eigenvalue weighted by atomic mass is 32.2. The van der Waals surface area contributed by atoms with Crippen molar-refractivity contribution in [2.24, 2.45) is 11.8 Å². The Hall–Kier alpha value is -0.200. The van der Waals surface area contributed by atoms with Gasteiger partial charge in [0.2, 0.25) is 0 Å². The van der Waals surface area contributed by atoms with Gasteiger partial charge in [-0.2, -0.15) is 17.0 Å². The maximum absolute atomic E-state index is 8.93. The molecule has 1 aliphatic heterocycles. The lowest BCUT2D eigenvalue weighted by Gasteiger charge is -2.18. The molecule has 0 aromatic carbocycles. The Labute approximate surface area is 90.4 Å². The second kappa shape index (κ2) is 5.04. The fourth-order valence-electron chi connectivity index (χ4n) is 2.42. The van der Waals surface area contributed by atoms with E-state index in [4.69, 9.17) is 5.26 Å². The van der Waals surface area contributed by atoms with Crippen LogP contribution in [0.4, 0.5) is 0 Å². The van der Waals surface area contributed by atoms with Crippen molar-refractivity contribution in [1.82, 2.24) is 5.32 Å². The fraction of sp³-hybridized carbons (Fsp3) is 0.909. The largest absolute Gasteiger partial charge is 0.312 e. The van der Waals surface area contributed by atoms with Gasteiger partial charge in [-0.3, -0.25) is 0 Å². The molecule has 1 saturated heterocycles. The van der Waals surface area contributed by atoms with Crippen molar-refractivity contribution in [3.63, 3.8) is 0 Å². The van der Waals surface area contributed by atoms with Crippen LogP contribution in [-0.2, 0) is 0 Å². The first kappa shape index (κ1) is 10.3. The average Bonchev–Trinajstić information content (AvgIpc) is 2.85. The first-order valence-corrected chi connectivity index (χ1v) is 6.76. The van der Waals surface area contributed by atoms with Gasteiger partial charge in [0.15, 0.2) is 0 Å². The highest BCUT2D eigenvalue weighted by Crippen LogP contribution is 2.27. The number of nitrogens with one attached hydrogen (secondary N) is 1. The van der Waals surface area contributed by atoms with Crippen molar-refractivity contribution in [2.75, 3.05) is 18.1 Å². The first-order chi connectivity index (χ1) is 6.90. The molecule has 0 spiro atoms. The van der Waals surface area contributed by atoms with Gasteiger partial charge in [-0.15, -0.1) is 0 Å². The molecule has 0 bridgehead atoms. The van der Waals surface area contributed by atoms with Crippen LogP contribution in [0.2, 0.25) is 0 Å². The van der Waals surface area contributed by atoms with E-state index in [2.05, 4.69) is 23.1 Å². The van der Waals surface area contributed by atoms with E-state index in [0.29, 0.717) is 6.04 Å². The average molecular weight is 210 g/mol. The lowest BCUT2D eigenvalue weighted by atomic mass is 10.0. The molecule has 1 N–H and O–H groups in total. The van der Waals surface area contributed by atoms with Gasteiger partial charge in [-0.1, -0.05) is 6.42 Å². The number of hydrogen-bond donors (Lipinski definition) is 1. The minimum absolute atomic E-state index is 0.282. The van der Waals surface area contributed by atoms with Crippen LogP contribution >= 0.6 is 11.8 Å². The van der Waals surface area contributed by atoms with Gasteiger partial charge in [0, 0.05) is 6.04 Å². The van der Waals surface area contributed by atoms with Gasteiger partial charge in [0.25, 0.3) is 0 Å². The highest BCUT2D eigenvalue weighted by Gasteiger charge is 2.27. The Kier molecular flexibility index (Phi) is 3.72. The number of rotatable bonds is 3. The lowest BCUT2D eigenvalue weighted by Crippen LogP contribution is -2.35. The summed E-state index contributed by atoms with van der Waals surface area (Å²) in [4.78, 5) is 0. The van der Waals surface area contributed by atoms with E-state index in [0.717, 1.165) is 18.9 Å². The van der Waals surface area contributed by atoms with Gasteiger partial charge in [-0.05, 0) is 43.2 Å². The lowest BCUT2D eigenvalue weighted by molar-refractivity contribution is 0.419. The molecule has 0 radical (unpaired) electrons. The number of nitriles is 1. The molecule has 1 heterocycles. The minimum atomic E-state index is 0.282. The third kappa shape index (κ3) is 2.43. The van der Waals surface area contributed by atoms with E-state index >= 15 is 0 Å². The second-order valence-corrected chi connectivity index (χ2v) is 5.56. The molecule has 2 rings (SSSR count). The van der Waals surface area contributed by atoms with Gasteiger partial charge >= 0.3 is 0 Å². The quantitative estimate of drug-likeness (QED) is 0.774. The standard InChI is InChI=1S/C11H18N2S/c12-6-10-2-1-3-11(10)13-7-9-4-5-14-8-9/h9-11,13H,1-5,7-8H2. The number of nitrogens with zero attached hydrogens (tertiary/aromatic N) is 1. The van der Waals surface area contributed by atoms with Crippen molar-refractivity contribution in [1.29, 1.82) is 5.26 Å². The topological polar surface area (TPSA) is 35.8 Å². The molecule has 0 amide bonds. The van der Waals surface area contributed by atoms with Crippen LogP contribution in [0.5, 0.6) is 0 Å². The maximum atomic E-state index is 8.93. The van der Waals surface area contributed by atoms with E-state index in [1.54, 1.807) is 0 Å². The van der Waals surface area contributed by atoms with Crippen LogP contribution < -0.4 is 5.32 Å². The molecule has 2 fully saturated rings. The molecular weight excluding hydrogens is 192 g/mol. The molecule has 2 aliphatic rings. The first-order valence-electron chi connectivity index (χ1n) is 5.61. The van der Waals surface area contributed by atoms with Gasteiger partial charge < -0.3 is 5.32 Å². The summed E-state index contributed by atoms with van der Waals surface area (Å²) in [7, 11) is 0. The van der Waals surface area contributed by atoms with Crippen LogP contribution in [0.25, 0.3) is 0 Å². The zero-order chi connectivity index (χ0) is 9.80. The van der Waals surface area contributed by atoms with Crippen LogP contribution in [0, 0.1) is 23.2 Å². The third-order valence-electron chi connectivity index (χ3n) is 3.37. The van der Waals surface area contributed by atoms with E-state index in [9.17, 15) is 0 Å². The van der Waals surface area contributed by atoms with E-state index in [-0.39, 0.29) is 5.92 Å². The van der Waals surface area contributed by atoms with Crippen LogP contribution in [0.1, 0.15) is 25.7 Å². The normalized spacial score (nSPS) is 37.2. The molecule has 3 heteroatoms. The molecular formula is C11H18N2S. The number of thioether (sulfide) groups is 1. The zero-order valence-corrected chi connectivity index (χ0v) is 9.35. The summed E-state index contributed by atoms with van der Waals surface area (Å²) < 4.78 is 0. The predicted octanol–water partition coefficient (Wildman–Crippen LogP) is 2.02. The van der Waals surface area contributed by atoms with Crippen molar-refractivity contribution in [3.05, 3.63) is 0 Å². The van der Waals surface area contributed by atoms with E-state index in [1.807, 2.05) is 0 Å². The highest BCUT2D eigenvalue weighted by molar-refractivity contribution is 7.99. The van der Waals surface area contributed by atoms with Gasteiger partial charge in [0.05, 0.1) is 12.0 Å². The molecule has 0 aromatic heterocycles. The van der Waals surface area contributed by atoms with Gasteiger partial charge in [-0.25, -0.2) is 0 Å². The van der Waals surface area contributed by atoms with Crippen molar-refractivity contribution in [3.8, 4) is 6.07 Å². The Balaban J connectivity index is 1.71. The Morgan fingerprint density at radius 2 is 2.29 bits per heavy atom. The summed E-state index contributed by atoms with van der Waals surface area (Å²) >= 11 is 2.07. The Morgan fingerprint density at radius 3 is 3.00 bits per heavy atom. The molecule has 2 nitrogen and oxygen atoms in total. The number of hydrogen-bond acceptors (Lipinski definition) is 3. The maximum Gasteiger partial charge on any atom is 0.0672 e. The van der Waals surface area contributed by atoms with Crippen molar-refractivity contribution in [2.45, 2.75) is 31.7 Å². The van der Waals surface area contributed by atoms with Crippen molar-refractivity contribution < 1.29 is 0 Å². The second-order valence-electron chi connectivity index (χ2n) is 4.41. The zero-order valence-electron chi connectivity index (χ0n) is 8.54. The fourth-order valence-corrected chi connectivity index (χ4v) is 3.71. The van der Waals surface area contributed by atoms with Crippen molar-refractivity contribution >= 4 is 11.8 Å². The molecule has 3 unspecified atom stereocenters. The Bertz CT molecular complexity index is 218. The molecule has 3 atom stereocenters. The van der Waals surface area contributed by atoms with Crippen LogP contribution in [-0.4, -0.2) is 24.1 Å². The smallest absolute Gasteiger partial charge is 0.0672 e. The summed E-state index contributed by atoms with van der Waals surface area (Å²) in [5.41, 5.74) is 0. The molecule has 0 aromatic rings. The van der Waals surface area contributed by atoms with E-state index < -0.39 is 0 Å². The summed E-state index contributed by atoms with van der Waals surface area (Å²) in [6, 6.07) is 2.91. The molecule has 78 valence electrons. The molecule has 1 saturated carbocycles. The minimum Gasteiger partial charge on any atom is -0.312 e. The van der Waals surface area contributed by atoms with E-state index in [1.165, 1.54) is 30.8 Å².